The first-order valence-corrected chi connectivity index (χ1v) is 13.8. The number of hydrogen-bond donors (Lipinski definition) is 1. The molecule has 178 valence electrons. The van der Waals surface area contributed by atoms with Gasteiger partial charge in [-0.05, 0) is 105 Å². The number of thiazole rings is 1. The lowest BCUT2D eigenvalue weighted by Gasteiger charge is -2.54. The highest BCUT2D eigenvalue weighted by molar-refractivity contribution is 7.07. The first kappa shape index (κ1) is 22.2. The van der Waals surface area contributed by atoms with E-state index in [1.165, 1.54) is 49.0 Å². The van der Waals surface area contributed by atoms with Crippen molar-refractivity contribution in [3.8, 4) is 11.5 Å². The second kappa shape index (κ2) is 9.09. The van der Waals surface area contributed by atoms with Crippen molar-refractivity contribution in [3.05, 3.63) is 69.4 Å². The van der Waals surface area contributed by atoms with E-state index in [1.54, 1.807) is 0 Å². The molecule has 1 N–H and O–H groups in total. The number of aromatic nitrogens is 1. The number of hydrogen-bond acceptors (Lipinski definition) is 4. The summed E-state index contributed by atoms with van der Waals surface area (Å²) in [6, 6.07) is 15.5. The second-order valence-corrected chi connectivity index (χ2v) is 11.9. The van der Waals surface area contributed by atoms with Crippen molar-refractivity contribution in [1.82, 2.24) is 4.57 Å². The van der Waals surface area contributed by atoms with Crippen LogP contribution in [0, 0.1) is 17.8 Å². The van der Waals surface area contributed by atoms with Crippen LogP contribution in [-0.2, 0) is 13.5 Å². The topological polar surface area (TPSA) is 38.5 Å². The summed E-state index contributed by atoms with van der Waals surface area (Å²) < 4.78 is 8.21. The summed E-state index contributed by atoms with van der Waals surface area (Å²) in [6.07, 6.45) is 9.36. The summed E-state index contributed by atoms with van der Waals surface area (Å²) >= 11 is 7.76. The van der Waals surface area contributed by atoms with Gasteiger partial charge in [-0.3, -0.25) is 4.99 Å². The molecular weight excluding hydrogens is 462 g/mol. The molecule has 4 aliphatic rings. The third kappa shape index (κ3) is 4.65. The van der Waals surface area contributed by atoms with E-state index in [4.69, 9.17) is 21.3 Å². The van der Waals surface area contributed by atoms with E-state index in [0.29, 0.717) is 5.02 Å². The van der Waals surface area contributed by atoms with Gasteiger partial charge in [0.1, 0.15) is 11.5 Å². The Balaban J connectivity index is 1.06. The molecule has 1 heterocycles. The number of nitrogens with zero attached hydrogens (tertiary/aromatic N) is 2. The van der Waals surface area contributed by atoms with Gasteiger partial charge in [-0.25, -0.2) is 0 Å². The quantitative estimate of drug-likeness (QED) is 0.382. The number of rotatable bonds is 7. The van der Waals surface area contributed by atoms with Crippen LogP contribution in [0.25, 0.3) is 0 Å². The third-order valence-electron chi connectivity index (χ3n) is 7.97. The Hall–Kier alpha value is -2.24. The van der Waals surface area contributed by atoms with Crippen molar-refractivity contribution in [2.45, 2.75) is 50.5 Å². The lowest BCUT2D eigenvalue weighted by molar-refractivity contribution is -0.000363. The van der Waals surface area contributed by atoms with Gasteiger partial charge in [0, 0.05) is 41.8 Å². The lowest BCUT2D eigenvalue weighted by Crippen LogP contribution is -2.50. The van der Waals surface area contributed by atoms with Crippen molar-refractivity contribution in [2.24, 2.45) is 29.8 Å². The zero-order valence-electron chi connectivity index (χ0n) is 19.7. The Morgan fingerprint density at radius 2 is 1.56 bits per heavy atom. The van der Waals surface area contributed by atoms with Crippen LogP contribution in [0.5, 0.6) is 11.5 Å². The van der Waals surface area contributed by atoms with Crippen molar-refractivity contribution >= 4 is 28.6 Å². The Kier molecular flexibility index (Phi) is 5.94. The molecule has 7 rings (SSSR count). The molecule has 4 fully saturated rings. The molecule has 0 saturated heterocycles. The molecule has 0 unspecified atom stereocenters. The summed E-state index contributed by atoms with van der Waals surface area (Å²) in [5, 5.41) is 6.55. The minimum absolute atomic E-state index is 0.239. The monoisotopic (exact) mass is 493 g/mol. The number of halogens is 1. The fourth-order valence-electron chi connectivity index (χ4n) is 6.75. The Labute approximate surface area is 210 Å². The first-order valence-electron chi connectivity index (χ1n) is 12.5. The molecule has 0 aliphatic heterocycles. The van der Waals surface area contributed by atoms with E-state index < -0.39 is 0 Å². The highest BCUT2D eigenvalue weighted by atomic mass is 35.5. The van der Waals surface area contributed by atoms with Crippen molar-refractivity contribution in [1.29, 1.82) is 0 Å². The van der Waals surface area contributed by atoms with Crippen LogP contribution in [0.1, 0.15) is 44.2 Å². The van der Waals surface area contributed by atoms with Crippen LogP contribution in [0.4, 0.5) is 5.69 Å². The minimum Gasteiger partial charge on any atom is -0.457 e. The predicted octanol–water partition coefficient (Wildman–Crippen LogP) is 7.06. The minimum atomic E-state index is 0.239. The van der Waals surface area contributed by atoms with E-state index in [-0.39, 0.29) is 5.54 Å². The van der Waals surface area contributed by atoms with Crippen molar-refractivity contribution in [3.63, 3.8) is 0 Å². The van der Waals surface area contributed by atoms with Crippen LogP contribution in [0.3, 0.4) is 0 Å². The van der Waals surface area contributed by atoms with E-state index in [0.717, 1.165) is 47.9 Å². The van der Waals surface area contributed by atoms with Gasteiger partial charge in [0.05, 0.1) is 5.54 Å². The van der Waals surface area contributed by atoms with Crippen LogP contribution in [0.2, 0.25) is 5.02 Å². The Morgan fingerprint density at radius 3 is 2.18 bits per heavy atom. The standard InChI is InChI=1S/C28H32ClN3OS/c1-32-24(18-34-27(32)31-28-15-19-12-20(16-28)14-21(13-19)17-28)10-11-30-23-4-8-26(9-5-23)33-25-6-2-22(29)3-7-25/h2-9,18-21,30H,10-17H2,1H3. The fraction of sp³-hybridized carbons (Fsp3) is 0.464. The number of ether oxygens (including phenoxy) is 1. The molecule has 1 aromatic heterocycles. The lowest BCUT2D eigenvalue weighted by atomic mass is 9.53. The number of nitrogens with one attached hydrogen (secondary N) is 1. The molecule has 0 amide bonds. The molecule has 4 nitrogen and oxygen atoms in total. The Bertz CT molecular complexity index is 1180. The average molecular weight is 494 g/mol. The zero-order valence-corrected chi connectivity index (χ0v) is 21.2. The summed E-state index contributed by atoms with van der Waals surface area (Å²) in [4.78, 5) is 6.63. The molecule has 2 aromatic carbocycles. The van der Waals surface area contributed by atoms with Crippen LogP contribution >= 0.6 is 22.9 Å². The zero-order chi connectivity index (χ0) is 23.1. The van der Waals surface area contributed by atoms with Crippen LogP contribution in [0.15, 0.2) is 58.9 Å². The summed E-state index contributed by atoms with van der Waals surface area (Å²) in [6.45, 7) is 0.888. The molecule has 3 aromatic rings. The number of anilines is 1. The van der Waals surface area contributed by atoms with E-state index >= 15 is 0 Å². The van der Waals surface area contributed by atoms with Gasteiger partial charge in [0.2, 0.25) is 0 Å². The average Bonchev–Trinajstić information content (AvgIpc) is 3.14. The third-order valence-corrected chi connectivity index (χ3v) is 9.19. The maximum absolute atomic E-state index is 5.94. The largest absolute Gasteiger partial charge is 0.457 e. The van der Waals surface area contributed by atoms with Crippen molar-refractivity contribution < 1.29 is 4.74 Å². The van der Waals surface area contributed by atoms with Gasteiger partial charge in [0.15, 0.2) is 4.80 Å². The van der Waals surface area contributed by atoms with Crippen molar-refractivity contribution in [2.75, 3.05) is 11.9 Å². The Morgan fingerprint density at radius 1 is 0.971 bits per heavy atom. The van der Waals surface area contributed by atoms with Gasteiger partial charge in [-0.15, -0.1) is 11.3 Å². The molecule has 4 aliphatic carbocycles. The molecule has 0 atom stereocenters. The molecule has 0 spiro atoms. The van der Waals surface area contributed by atoms with Crippen LogP contribution in [-0.4, -0.2) is 16.7 Å². The molecule has 0 radical (unpaired) electrons. The van der Waals surface area contributed by atoms with Gasteiger partial charge in [0.25, 0.3) is 0 Å². The highest BCUT2D eigenvalue weighted by Crippen LogP contribution is 2.57. The summed E-state index contributed by atoms with van der Waals surface area (Å²) in [7, 11) is 2.19. The first-order chi connectivity index (χ1) is 16.5. The smallest absolute Gasteiger partial charge is 0.185 e. The molecule has 34 heavy (non-hydrogen) atoms. The maximum atomic E-state index is 5.94. The van der Waals surface area contributed by atoms with Gasteiger partial charge in [-0.2, -0.15) is 0 Å². The van der Waals surface area contributed by atoms with E-state index in [1.807, 2.05) is 47.7 Å². The second-order valence-electron chi connectivity index (χ2n) is 10.6. The molecule has 4 saturated carbocycles. The van der Waals surface area contributed by atoms with E-state index in [2.05, 4.69) is 34.4 Å². The van der Waals surface area contributed by atoms with Gasteiger partial charge >= 0.3 is 0 Å². The molecule has 6 heteroatoms. The summed E-state index contributed by atoms with van der Waals surface area (Å²) in [5.74, 6) is 4.41. The van der Waals surface area contributed by atoms with E-state index in [9.17, 15) is 0 Å². The van der Waals surface area contributed by atoms with Crippen LogP contribution < -0.4 is 14.9 Å². The SMILES string of the molecule is Cn1c(CCNc2ccc(Oc3ccc(Cl)cc3)cc2)csc1=NC12CC3CC(CC(C3)C1)C2. The summed E-state index contributed by atoms with van der Waals surface area (Å²) in [5.41, 5.74) is 2.69. The molecular formula is C28H32ClN3OS. The normalized spacial score (nSPS) is 27.8. The fourth-order valence-corrected chi connectivity index (χ4v) is 7.91. The molecule has 4 bridgehead atoms. The maximum Gasteiger partial charge on any atom is 0.185 e. The van der Waals surface area contributed by atoms with Gasteiger partial charge < -0.3 is 14.6 Å². The number of benzene rings is 2. The predicted molar refractivity (Wildman–Crippen MR) is 140 cm³/mol. The van der Waals surface area contributed by atoms with Gasteiger partial charge in [-0.1, -0.05) is 11.6 Å². The highest BCUT2D eigenvalue weighted by Gasteiger charge is 2.51.